The predicted octanol–water partition coefficient (Wildman–Crippen LogP) is 4.41. The molecule has 1 aliphatic heterocycles. The lowest BCUT2D eigenvalue weighted by molar-refractivity contribution is -0.0512. The second kappa shape index (κ2) is 11.2. The molecule has 2 amide bonds. The molecule has 0 atom stereocenters. The van der Waals surface area contributed by atoms with E-state index in [0.717, 1.165) is 37.5 Å². The Balaban J connectivity index is 1.41. The number of hydrogen-bond acceptors (Lipinski definition) is 4. The molecule has 1 saturated heterocycles. The maximum Gasteiger partial charge on any atom is 0.387 e. The number of hydrogen-bond donors (Lipinski definition) is 2. The first-order valence-corrected chi connectivity index (χ1v) is 10.4. The molecule has 9 heteroatoms. The monoisotopic (exact) mass is 453 g/mol. The van der Waals surface area contributed by atoms with Crippen molar-refractivity contribution in [2.45, 2.75) is 38.6 Å². The number of rotatable bonds is 8. The van der Waals surface area contributed by atoms with Gasteiger partial charge in [-0.2, -0.15) is 8.78 Å². The maximum atomic E-state index is 12.4. The van der Waals surface area contributed by atoms with Gasteiger partial charge in [0.1, 0.15) is 0 Å². The molecular formula is C22H26ClF2N3O3. The number of halogens is 3. The fraction of sp³-hybridized carbons (Fsp3) is 0.409. The molecule has 2 aromatic carbocycles. The Kier molecular flexibility index (Phi) is 8.31. The van der Waals surface area contributed by atoms with E-state index in [0.29, 0.717) is 5.56 Å². The molecule has 6 nitrogen and oxygen atoms in total. The van der Waals surface area contributed by atoms with Crippen molar-refractivity contribution in [1.29, 1.82) is 0 Å². The third-order valence-corrected chi connectivity index (χ3v) is 5.39. The second-order valence-corrected chi connectivity index (χ2v) is 7.80. The van der Waals surface area contributed by atoms with Crippen LogP contribution in [-0.2, 0) is 13.1 Å². The fourth-order valence-corrected chi connectivity index (χ4v) is 3.64. The van der Waals surface area contributed by atoms with Gasteiger partial charge >= 0.3 is 12.6 Å². The van der Waals surface area contributed by atoms with Crippen molar-refractivity contribution in [2.75, 3.05) is 20.2 Å². The SMILES string of the molecule is COc1cc(CNC(=O)NC2CCN(Cc3ccc(Cl)cc3)CC2)ccc1OC(F)F. The van der Waals surface area contributed by atoms with Gasteiger partial charge in [0.05, 0.1) is 7.11 Å². The summed E-state index contributed by atoms with van der Waals surface area (Å²) >= 11 is 5.93. The smallest absolute Gasteiger partial charge is 0.387 e. The largest absolute Gasteiger partial charge is 0.493 e. The predicted molar refractivity (Wildman–Crippen MR) is 115 cm³/mol. The first-order valence-electron chi connectivity index (χ1n) is 10.1. The molecular weight excluding hydrogens is 428 g/mol. The molecule has 0 unspecified atom stereocenters. The highest BCUT2D eigenvalue weighted by molar-refractivity contribution is 6.30. The highest BCUT2D eigenvalue weighted by Gasteiger charge is 2.20. The number of likely N-dealkylation sites (tertiary alicyclic amines) is 1. The fourth-order valence-electron chi connectivity index (χ4n) is 3.52. The summed E-state index contributed by atoms with van der Waals surface area (Å²) in [5.74, 6) is 0.143. The van der Waals surface area contributed by atoms with E-state index in [4.69, 9.17) is 16.3 Å². The van der Waals surface area contributed by atoms with E-state index in [1.54, 1.807) is 12.1 Å². The maximum absolute atomic E-state index is 12.4. The number of piperidine rings is 1. The van der Waals surface area contributed by atoms with Gasteiger partial charge in [0.25, 0.3) is 0 Å². The minimum Gasteiger partial charge on any atom is -0.493 e. The molecule has 31 heavy (non-hydrogen) atoms. The first-order chi connectivity index (χ1) is 14.9. The van der Waals surface area contributed by atoms with Crippen LogP contribution >= 0.6 is 11.6 Å². The van der Waals surface area contributed by atoms with Gasteiger partial charge in [-0.25, -0.2) is 4.79 Å². The lowest BCUT2D eigenvalue weighted by atomic mass is 10.0. The minimum absolute atomic E-state index is 0.0453. The third-order valence-electron chi connectivity index (χ3n) is 5.14. The molecule has 1 fully saturated rings. The van der Waals surface area contributed by atoms with Crippen LogP contribution in [0.1, 0.15) is 24.0 Å². The summed E-state index contributed by atoms with van der Waals surface area (Å²) < 4.78 is 34.3. The van der Waals surface area contributed by atoms with Gasteiger partial charge in [-0.3, -0.25) is 4.90 Å². The number of carbonyl (C=O) groups is 1. The molecule has 1 aliphatic rings. The summed E-state index contributed by atoms with van der Waals surface area (Å²) in [5, 5.41) is 6.52. The number of nitrogens with zero attached hydrogens (tertiary/aromatic N) is 1. The van der Waals surface area contributed by atoms with Gasteiger partial charge in [-0.1, -0.05) is 29.8 Å². The summed E-state index contributed by atoms with van der Waals surface area (Å²) in [5.41, 5.74) is 1.93. The number of alkyl halides is 2. The van der Waals surface area contributed by atoms with E-state index >= 15 is 0 Å². The van der Waals surface area contributed by atoms with Crippen LogP contribution < -0.4 is 20.1 Å². The van der Waals surface area contributed by atoms with E-state index in [2.05, 4.69) is 20.3 Å². The number of urea groups is 1. The van der Waals surface area contributed by atoms with Crippen molar-refractivity contribution in [3.63, 3.8) is 0 Å². The Hall–Kier alpha value is -2.58. The summed E-state index contributed by atoms with van der Waals surface area (Å²) in [7, 11) is 1.37. The van der Waals surface area contributed by atoms with Gasteiger partial charge in [0.2, 0.25) is 0 Å². The molecule has 2 aromatic rings. The van der Waals surface area contributed by atoms with Crippen molar-refractivity contribution in [3.05, 3.63) is 58.6 Å². The average molecular weight is 454 g/mol. The Bertz CT molecular complexity index is 860. The summed E-state index contributed by atoms with van der Waals surface area (Å²) in [6.45, 7) is -0.0241. The molecule has 0 aromatic heterocycles. The number of nitrogens with one attached hydrogen (secondary N) is 2. The van der Waals surface area contributed by atoms with Crippen LogP contribution in [0.5, 0.6) is 11.5 Å². The quantitative estimate of drug-likeness (QED) is 0.621. The highest BCUT2D eigenvalue weighted by Crippen LogP contribution is 2.29. The second-order valence-electron chi connectivity index (χ2n) is 7.37. The lowest BCUT2D eigenvalue weighted by Gasteiger charge is -2.32. The van der Waals surface area contributed by atoms with E-state index in [1.165, 1.54) is 18.7 Å². The van der Waals surface area contributed by atoms with Gasteiger partial charge < -0.3 is 20.1 Å². The topological polar surface area (TPSA) is 62.8 Å². The Morgan fingerprint density at radius 2 is 1.81 bits per heavy atom. The first kappa shape index (κ1) is 23.1. The van der Waals surface area contributed by atoms with E-state index in [9.17, 15) is 13.6 Å². The van der Waals surface area contributed by atoms with Gasteiger partial charge in [0, 0.05) is 37.2 Å². The van der Waals surface area contributed by atoms with Crippen LogP contribution in [0.2, 0.25) is 5.02 Å². The van der Waals surface area contributed by atoms with Crippen LogP contribution in [0.15, 0.2) is 42.5 Å². The Morgan fingerprint density at radius 1 is 1.13 bits per heavy atom. The van der Waals surface area contributed by atoms with Crippen molar-refractivity contribution in [1.82, 2.24) is 15.5 Å². The van der Waals surface area contributed by atoms with Gasteiger partial charge in [-0.15, -0.1) is 0 Å². The molecule has 0 bridgehead atoms. The molecule has 0 spiro atoms. The zero-order chi connectivity index (χ0) is 22.2. The van der Waals surface area contributed by atoms with E-state index in [1.807, 2.05) is 24.3 Å². The average Bonchev–Trinajstić information content (AvgIpc) is 2.75. The van der Waals surface area contributed by atoms with Crippen LogP contribution in [0.3, 0.4) is 0 Å². The number of ether oxygens (including phenoxy) is 2. The van der Waals surface area contributed by atoms with Crippen molar-refractivity contribution in [3.8, 4) is 11.5 Å². The van der Waals surface area contributed by atoms with Gasteiger partial charge in [0.15, 0.2) is 11.5 Å². The van der Waals surface area contributed by atoms with E-state index in [-0.39, 0.29) is 30.1 Å². The van der Waals surface area contributed by atoms with Crippen LogP contribution in [0, 0.1) is 0 Å². The summed E-state index contributed by atoms with van der Waals surface area (Å²) in [6, 6.07) is 12.3. The number of benzene rings is 2. The van der Waals surface area contributed by atoms with Crippen molar-refractivity contribution in [2.24, 2.45) is 0 Å². The summed E-state index contributed by atoms with van der Waals surface area (Å²) in [6.07, 6.45) is 1.74. The van der Waals surface area contributed by atoms with Crippen LogP contribution in [0.25, 0.3) is 0 Å². The highest BCUT2D eigenvalue weighted by atomic mass is 35.5. The molecule has 1 heterocycles. The molecule has 0 radical (unpaired) electrons. The molecule has 3 rings (SSSR count). The van der Waals surface area contributed by atoms with Crippen LogP contribution in [0.4, 0.5) is 13.6 Å². The molecule has 0 aliphatic carbocycles. The lowest BCUT2D eigenvalue weighted by Crippen LogP contribution is -2.47. The normalized spacial score (nSPS) is 15.0. The standard InChI is InChI=1S/C22H26ClF2N3O3/c1-30-20-12-16(4-7-19(20)31-21(24)25)13-26-22(29)27-18-8-10-28(11-9-18)14-15-2-5-17(23)6-3-15/h2-7,12,18,21H,8-11,13-14H2,1H3,(H2,26,27,29). The number of carbonyl (C=O) groups excluding carboxylic acids is 1. The number of amides is 2. The molecule has 2 N–H and O–H groups in total. The minimum atomic E-state index is -2.93. The third kappa shape index (κ3) is 7.25. The van der Waals surface area contributed by atoms with Crippen molar-refractivity contribution >= 4 is 17.6 Å². The Labute approximate surface area is 185 Å². The molecule has 168 valence electrons. The Morgan fingerprint density at radius 3 is 2.45 bits per heavy atom. The number of methoxy groups -OCH3 is 1. The van der Waals surface area contributed by atoms with E-state index < -0.39 is 6.61 Å². The zero-order valence-electron chi connectivity index (χ0n) is 17.2. The van der Waals surface area contributed by atoms with Gasteiger partial charge in [-0.05, 0) is 48.2 Å². The van der Waals surface area contributed by atoms with Crippen LogP contribution in [-0.4, -0.2) is 43.8 Å². The summed E-state index contributed by atoms with van der Waals surface area (Å²) in [4.78, 5) is 14.6. The van der Waals surface area contributed by atoms with Crippen molar-refractivity contribution < 1.29 is 23.0 Å². The zero-order valence-corrected chi connectivity index (χ0v) is 18.0. The molecule has 0 saturated carbocycles.